The van der Waals surface area contributed by atoms with E-state index in [9.17, 15) is 8.78 Å². The Morgan fingerprint density at radius 3 is 2.43 bits per heavy atom. The topological polar surface area (TPSA) is 31.4 Å². The van der Waals surface area contributed by atoms with E-state index in [1.165, 1.54) is 12.8 Å². The molecule has 0 aliphatic rings. The van der Waals surface area contributed by atoms with Gasteiger partial charge in [-0.3, -0.25) is 4.98 Å². The van der Waals surface area contributed by atoms with Crippen LogP contribution in [0.5, 0.6) is 5.75 Å². The normalized spacial score (nSPS) is 12.1. The van der Waals surface area contributed by atoms with E-state index in [2.05, 4.69) is 25.4 Å². The van der Waals surface area contributed by atoms with Crippen molar-refractivity contribution in [3.63, 3.8) is 0 Å². The summed E-state index contributed by atoms with van der Waals surface area (Å²) in [4.78, 5) is 4.38. The minimum Gasteiger partial charge on any atom is -0.490 e. The van der Waals surface area contributed by atoms with Crippen LogP contribution in [-0.2, 0) is 4.74 Å². The van der Waals surface area contributed by atoms with Crippen molar-refractivity contribution < 1.29 is 18.3 Å². The Balaban J connectivity index is 1.56. The number of halogens is 2. The van der Waals surface area contributed by atoms with Gasteiger partial charge in [0.05, 0.1) is 11.8 Å². The first kappa shape index (κ1) is 28.3. The molecule has 1 heterocycles. The lowest BCUT2D eigenvalue weighted by atomic mass is 10.0. The lowest BCUT2D eigenvalue weighted by molar-refractivity contribution is 0.0566. The lowest BCUT2D eigenvalue weighted by Crippen LogP contribution is -2.08. The molecule has 5 heteroatoms. The molecule has 3 rings (SSSR count). The molecule has 0 fully saturated rings. The van der Waals surface area contributed by atoms with Gasteiger partial charge in [-0.1, -0.05) is 68.8 Å². The van der Waals surface area contributed by atoms with E-state index in [1.807, 2.05) is 36.4 Å². The van der Waals surface area contributed by atoms with Gasteiger partial charge in [0.15, 0.2) is 11.6 Å². The van der Waals surface area contributed by atoms with Crippen LogP contribution in [0.1, 0.15) is 57.9 Å². The van der Waals surface area contributed by atoms with Crippen LogP contribution >= 0.6 is 0 Å². The maximum absolute atomic E-state index is 14.9. The summed E-state index contributed by atoms with van der Waals surface area (Å²) in [6.45, 7) is 9.14. The average molecular weight is 506 g/mol. The molecule has 3 nitrogen and oxygen atoms in total. The smallest absolute Gasteiger partial charge is 0.168 e. The number of unbranched alkanes of at least 4 members (excludes halogenated alkanes) is 3. The van der Waals surface area contributed by atoms with E-state index in [4.69, 9.17) is 9.47 Å². The second kappa shape index (κ2) is 15.1. The number of benzene rings is 2. The molecule has 0 amide bonds. The Bertz CT molecular complexity index is 1140. The predicted molar refractivity (Wildman–Crippen MR) is 149 cm³/mol. The van der Waals surface area contributed by atoms with Gasteiger partial charge in [0, 0.05) is 29.5 Å². The van der Waals surface area contributed by atoms with Gasteiger partial charge in [0.2, 0.25) is 0 Å². The second-order valence-electron chi connectivity index (χ2n) is 9.11. The summed E-state index contributed by atoms with van der Waals surface area (Å²) >= 11 is 0. The molecule has 0 saturated heterocycles. The largest absolute Gasteiger partial charge is 0.490 e. The first-order valence-electron chi connectivity index (χ1n) is 13.1. The molecule has 0 bridgehead atoms. The summed E-state index contributed by atoms with van der Waals surface area (Å²) in [5.41, 5.74) is 2.59. The number of aromatic nitrogens is 1. The van der Waals surface area contributed by atoms with Crippen LogP contribution in [-0.4, -0.2) is 24.3 Å². The average Bonchev–Trinajstić information content (AvgIpc) is 2.92. The van der Waals surface area contributed by atoms with Crippen LogP contribution in [0, 0.1) is 11.6 Å². The molecule has 0 saturated carbocycles. The van der Waals surface area contributed by atoms with E-state index in [0.29, 0.717) is 12.3 Å². The van der Waals surface area contributed by atoms with Gasteiger partial charge in [-0.25, -0.2) is 8.78 Å². The molecular formula is C32H37F2NO2. The van der Waals surface area contributed by atoms with Crippen molar-refractivity contribution in [2.45, 2.75) is 58.5 Å². The summed E-state index contributed by atoms with van der Waals surface area (Å²) in [5.74, 6) is -0.996. The van der Waals surface area contributed by atoms with E-state index < -0.39 is 11.6 Å². The van der Waals surface area contributed by atoms with Gasteiger partial charge in [-0.05, 0) is 62.4 Å². The molecule has 0 aliphatic heterocycles. The molecule has 196 valence electrons. The van der Waals surface area contributed by atoms with E-state index in [-0.39, 0.29) is 17.2 Å². The molecule has 0 N–H and O–H groups in total. The maximum Gasteiger partial charge on any atom is 0.168 e. The van der Waals surface area contributed by atoms with Gasteiger partial charge in [-0.2, -0.15) is 0 Å². The monoisotopic (exact) mass is 505 g/mol. The molecule has 1 aromatic heterocycles. The summed E-state index contributed by atoms with van der Waals surface area (Å²) in [5, 5.41) is 0. The zero-order chi connectivity index (χ0) is 26.5. The molecule has 1 unspecified atom stereocenters. The molecular weight excluding hydrogens is 468 g/mol. The van der Waals surface area contributed by atoms with Crippen molar-refractivity contribution in [1.29, 1.82) is 0 Å². The van der Waals surface area contributed by atoms with E-state index in [0.717, 1.165) is 49.2 Å². The number of nitrogens with zero attached hydrogens (tertiary/aromatic N) is 1. The summed E-state index contributed by atoms with van der Waals surface area (Å²) < 4.78 is 41.0. The van der Waals surface area contributed by atoms with Crippen LogP contribution in [0.4, 0.5) is 8.78 Å². The number of allylic oxidation sites excluding steroid dienone is 1. The fourth-order valence-corrected chi connectivity index (χ4v) is 3.97. The first-order chi connectivity index (χ1) is 18.0. The molecule has 3 aromatic rings. The van der Waals surface area contributed by atoms with Gasteiger partial charge in [0.1, 0.15) is 12.4 Å². The Kier molecular flexibility index (Phi) is 11.5. The van der Waals surface area contributed by atoms with Crippen LogP contribution < -0.4 is 4.74 Å². The number of pyridine rings is 1. The van der Waals surface area contributed by atoms with Crippen molar-refractivity contribution >= 4 is 6.08 Å². The van der Waals surface area contributed by atoms with Crippen LogP contribution in [0.2, 0.25) is 0 Å². The van der Waals surface area contributed by atoms with E-state index in [1.54, 1.807) is 36.5 Å². The van der Waals surface area contributed by atoms with Gasteiger partial charge < -0.3 is 9.47 Å². The number of ether oxygens (including phenoxy) is 2. The molecule has 0 spiro atoms. The van der Waals surface area contributed by atoms with Gasteiger partial charge >= 0.3 is 0 Å². The highest BCUT2D eigenvalue weighted by Gasteiger charge is 2.14. The second-order valence-corrected chi connectivity index (χ2v) is 9.11. The number of rotatable bonds is 15. The minimum atomic E-state index is -0.889. The molecule has 2 aromatic carbocycles. The van der Waals surface area contributed by atoms with Gasteiger partial charge in [0.25, 0.3) is 0 Å². The minimum absolute atomic E-state index is 0.142. The van der Waals surface area contributed by atoms with Crippen molar-refractivity contribution in [3.05, 3.63) is 90.7 Å². The fraction of sp³-hybridized carbons (Fsp3) is 0.344. The summed E-state index contributed by atoms with van der Waals surface area (Å²) in [7, 11) is 0. The Morgan fingerprint density at radius 2 is 1.73 bits per heavy atom. The number of hydrogen-bond acceptors (Lipinski definition) is 3. The van der Waals surface area contributed by atoms with Crippen molar-refractivity contribution in [2.75, 3.05) is 13.2 Å². The van der Waals surface area contributed by atoms with Crippen LogP contribution in [0.25, 0.3) is 28.5 Å². The highest BCUT2D eigenvalue weighted by atomic mass is 19.2. The molecule has 0 aliphatic carbocycles. The standard InChI is InChI=1S/C32H37F2NO2/c1-4-6-10-22-36-24(3)11-8-7-9-12-26-15-19-29(32(34)31(26)33)30-20-16-27(23-35-30)25-13-17-28(18-14-25)37-21-5-2/h5,9,12-20,23-24H,2,4,6-8,10-11,21-22H2,1,3H3/b12-9+. The Hall–Kier alpha value is -3.31. The SMILES string of the molecule is C=CCOc1ccc(-c2ccc(-c3ccc(/C=C/CCCC(C)OCCCCC)c(F)c3F)nc2)cc1. The lowest BCUT2D eigenvalue weighted by Gasteiger charge is -2.12. The summed E-state index contributed by atoms with van der Waals surface area (Å²) in [6, 6.07) is 14.3. The first-order valence-corrected chi connectivity index (χ1v) is 13.1. The van der Waals surface area contributed by atoms with E-state index >= 15 is 0 Å². The predicted octanol–water partition coefficient (Wildman–Crippen LogP) is 9.04. The Morgan fingerprint density at radius 1 is 0.946 bits per heavy atom. The third-order valence-corrected chi connectivity index (χ3v) is 6.14. The molecule has 1 atom stereocenters. The maximum atomic E-state index is 14.9. The van der Waals surface area contributed by atoms with Crippen molar-refractivity contribution in [1.82, 2.24) is 4.98 Å². The van der Waals surface area contributed by atoms with Crippen LogP contribution in [0.3, 0.4) is 0 Å². The highest BCUT2D eigenvalue weighted by Crippen LogP contribution is 2.28. The Labute approximate surface area is 219 Å². The fourth-order valence-electron chi connectivity index (χ4n) is 3.97. The third-order valence-electron chi connectivity index (χ3n) is 6.14. The highest BCUT2D eigenvalue weighted by molar-refractivity contribution is 5.68. The zero-order valence-corrected chi connectivity index (χ0v) is 21.9. The molecule has 0 radical (unpaired) electrons. The number of hydrogen-bond donors (Lipinski definition) is 0. The quantitative estimate of drug-likeness (QED) is 0.152. The molecule has 37 heavy (non-hydrogen) atoms. The van der Waals surface area contributed by atoms with Gasteiger partial charge in [-0.15, -0.1) is 0 Å². The third kappa shape index (κ3) is 8.64. The summed E-state index contributed by atoms with van der Waals surface area (Å²) in [6.07, 6.45) is 13.3. The van der Waals surface area contributed by atoms with Crippen molar-refractivity contribution in [2.24, 2.45) is 0 Å². The van der Waals surface area contributed by atoms with Crippen molar-refractivity contribution in [3.8, 4) is 28.1 Å². The zero-order valence-electron chi connectivity index (χ0n) is 21.9. The van der Waals surface area contributed by atoms with Crippen LogP contribution in [0.15, 0.2) is 73.5 Å².